The van der Waals surface area contributed by atoms with E-state index in [1.807, 2.05) is 0 Å². The summed E-state index contributed by atoms with van der Waals surface area (Å²) in [6, 6.07) is 7.03. The molecule has 108 valence electrons. The standard InChI is InChI=1S/C14H10F3N3O/c1-21-13-4-2-3-11(19-13)9-5-8(14(15,16)17)6-12-10(9)7-18-20-12/h2-7H,1H3,(H,18,20). The molecule has 0 unspecified atom stereocenters. The van der Waals surface area contributed by atoms with Gasteiger partial charge in [0.2, 0.25) is 5.88 Å². The van der Waals surface area contributed by atoms with E-state index in [-0.39, 0.29) is 0 Å². The van der Waals surface area contributed by atoms with Crippen LogP contribution in [0, 0.1) is 0 Å². The third-order valence-electron chi connectivity index (χ3n) is 3.09. The number of hydrogen-bond acceptors (Lipinski definition) is 3. The van der Waals surface area contributed by atoms with Crippen LogP contribution in [-0.2, 0) is 6.18 Å². The number of rotatable bonds is 2. The van der Waals surface area contributed by atoms with E-state index in [9.17, 15) is 13.2 Å². The molecule has 0 spiro atoms. The highest BCUT2D eigenvalue weighted by molar-refractivity contribution is 5.94. The Bertz CT molecular complexity index is 796. The maximum Gasteiger partial charge on any atom is 0.416 e. The Morgan fingerprint density at radius 1 is 1.19 bits per heavy atom. The topological polar surface area (TPSA) is 50.8 Å². The second kappa shape index (κ2) is 4.76. The van der Waals surface area contributed by atoms with Gasteiger partial charge in [0.15, 0.2) is 0 Å². The van der Waals surface area contributed by atoms with Gasteiger partial charge in [0, 0.05) is 17.0 Å². The fourth-order valence-corrected chi connectivity index (χ4v) is 2.11. The number of fused-ring (bicyclic) bond motifs is 1. The normalized spacial score (nSPS) is 11.8. The Hall–Kier alpha value is -2.57. The molecule has 1 aromatic carbocycles. The molecule has 2 aromatic heterocycles. The Kier molecular flexibility index (Phi) is 3.04. The SMILES string of the molecule is COc1cccc(-c2cc(C(F)(F)F)cc3[nH]ncc23)n1. The van der Waals surface area contributed by atoms with E-state index in [1.54, 1.807) is 18.2 Å². The molecule has 0 amide bonds. The highest BCUT2D eigenvalue weighted by Crippen LogP contribution is 2.36. The van der Waals surface area contributed by atoms with E-state index in [0.717, 1.165) is 12.1 Å². The van der Waals surface area contributed by atoms with Crippen molar-refractivity contribution in [3.05, 3.63) is 42.1 Å². The first-order valence-electron chi connectivity index (χ1n) is 6.05. The number of H-pyrrole nitrogens is 1. The maximum atomic E-state index is 13.0. The summed E-state index contributed by atoms with van der Waals surface area (Å²) in [5.74, 6) is 0.335. The Labute approximate surface area is 117 Å². The molecule has 0 atom stereocenters. The van der Waals surface area contributed by atoms with Crippen molar-refractivity contribution in [3.63, 3.8) is 0 Å². The van der Waals surface area contributed by atoms with E-state index < -0.39 is 11.7 Å². The van der Waals surface area contributed by atoms with Crippen molar-refractivity contribution < 1.29 is 17.9 Å². The largest absolute Gasteiger partial charge is 0.481 e. The van der Waals surface area contributed by atoms with Crippen LogP contribution in [0.5, 0.6) is 5.88 Å². The monoisotopic (exact) mass is 293 g/mol. The minimum Gasteiger partial charge on any atom is -0.481 e. The van der Waals surface area contributed by atoms with Gasteiger partial charge in [-0.2, -0.15) is 18.3 Å². The Balaban J connectivity index is 2.27. The van der Waals surface area contributed by atoms with E-state index in [0.29, 0.717) is 28.0 Å². The highest BCUT2D eigenvalue weighted by Gasteiger charge is 2.32. The molecular formula is C14H10F3N3O. The van der Waals surface area contributed by atoms with Crippen molar-refractivity contribution >= 4 is 10.9 Å². The number of aromatic nitrogens is 3. The zero-order valence-corrected chi connectivity index (χ0v) is 10.9. The second-order valence-corrected chi connectivity index (χ2v) is 4.42. The molecule has 0 radical (unpaired) electrons. The van der Waals surface area contributed by atoms with Gasteiger partial charge < -0.3 is 4.74 Å². The lowest BCUT2D eigenvalue weighted by Gasteiger charge is -2.10. The van der Waals surface area contributed by atoms with Gasteiger partial charge in [-0.15, -0.1) is 0 Å². The van der Waals surface area contributed by atoms with E-state index in [4.69, 9.17) is 4.74 Å². The lowest BCUT2D eigenvalue weighted by Crippen LogP contribution is -2.05. The van der Waals surface area contributed by atoms with Gasteiger partial charge in [0.25, 0.3) is 0 Å². The molecule has 4 nitrogen and oxygen atoms in total. The molecular weight excluding hydrogens is 283 g/mol. The van der Waals surface area contributed by atoms with Crippen LogP contribution >= 0.6 is 0 Å². The summed E-state index contributed by atoms with van der Waals surface area (Å²) >= 11 is 0. The Morgan fingerprint density at radius 2 is 2.00 bits per heavy atom. The van der Waals surface area contributed by atoms with Gasteiger partial charge in [-0.25, -0.2) is 4.98 Å². The number of ether oxygens (including phenoxy) is 1. The summed E-state index contributed by atoms with van der Waals surface area (Å²) in [4.78, 5) is 4.18. The van der Waals surface area contributed by atoms with Crippen molar-refractivity contribution in [1.82, 2.24) is 15.2 Å². The third kappa shape index (κ3) is 2.42. The van der Waals surface area contributed by atoms with Gasteiger partial charge in [-0.3, -0.25) is 5.10 Å². The van der Waals surface area contributed by atoms with Crippen molar-refractivity contribution in [2.45, 2.75) is 6.18 Å². The number of aromatic amines is 1. The molecule has 0 saturated carbocycles. The number of halogens is 3. The molecule has 2 heterocycles. The summed E-state index contributed by atoms with van der Waals surface area (Å²) in [7, 11) is 1.45. The average molecular weight is 293 g/mol. The zero-order valence-electron chi connectivity index (χ0n) is 10.9. The average Bonchev–Trinajstić information content (AvgIpc) is 2.93. The van der Waals surface area contributed by atoms with Crippen molar-refractivity contribution in [2.75, 3.05) is 7.11 Å². The zero-order chi connectivity index (χ0) is 15.0. The summed E-state index contributed by atoms with van der Waals surface area (Å²) in [6.45, 7) is 0. The number of pyridine rings is 1. The van der Waals surface area contributed by atoms with Gasteiger partial charge in [-0.1, -0.05) is 6.07 Å². The molecule has 0 aliphatic heterocycles. The summed E-state index contributed by atoms with van der Waals surface area (Å²) in [5, 5.41) is 6.94. The van der Waals surface area contributed by atoms with Crippen molar-refractivity contribution in [1.29, 1.82) is 0 Å². The molecule has 3 aromatic rings. The van der Waals surface area contributed by atoms with Crippen molar-refractivity contribution in [3.8, 4) is 17.1 Å². The van der Waals surface area contributed by atoms with Gasteiger partial charge >= 0.3 is 6.18 Å². The number of hydrogen-bond donors (Lipinski definition) is 1. The highest BCUT2D eigenvalue weighted by atomic mass is 19.4. The van der Waals surface area contributed by atoms with E-state index >= 15 is 0 Å². The molecule has 0 saturated heterocycles. The first-order valence-corrected chi connectivity index (χ1v) is 6.05. The fourth-order valence-electron chi connectivity index (χ4n) is 2.11. The first kappa shape index (κ1) is 13.4. The molecule has 21 heavy (non-hydrogen) atoms. The van der Waals surface area contributed by atoms with E-state index in [2.05, 4.69) is 15.2 Å². The Morgan fingerprint density at radius 3 is 2.71 bits per heavy atom. The van der Waals surface area contributed by atoms with Crippen molar-refractivity contribution in [2.24, 2.45) is 0 Å². The van der Waals surface area contributed by atoms with Gasteiger partial charge in [-0.05, 0) is 18.2 Å². The molecule has 0 bridgehead atoms. The molecule has 7 heteroatoms. The quantitative estimate of drug-likeness (QED) is 0.784. The number of nitrogens with one attached hydrogen (secondary N) is 1. The molecule has 3 rings (SSSR count). The summed E-state index contributed by atoms with van der Waals surface area (Å²) < 4.78 is 44.0. The minimum absolute atomic E-state index is 0.310. The summed E-state index contributed by atoms with van der Waals surface area (Å²) in [5.41, 5.74) is 0.308. The molecule has 0 aliphatic carbocycles. The maximum absolute atomic E-state index is 13.0. The van der Waals surface area contributed by atoms with Crippen LogP contribution in [0.15, 0.2) is 36.5 Å². The summed E-state index contributed by atoms with van der Waals surface area (Å²) in [6.07, 6.45) is -2.96. The van der Waals surface area contributed by atoms with Crippen LogP contribution in [0.2, 0.25) is 0 Å². The van der Waals surface area contributed by atoms with Gasteiger partial charge in [0.1, 0.15) is 0 Å². The minimum atomic E-state index is -4.44. The number of nitrogens with zero attached hydrogens (tertiary/aromatic N) is 2. The molecule has 0 fully saturated rings. The van der Waals surface area contributed by atoms with Crippen LogP contribution < -0.4 is 4.74 Å². The number of alkyl halides is 3. The lowest BCUT2D eigenvalue weighted by atomic mass is 10.0. The van der Waals surface area contributed by atoms with Crippen LogP contribution in [0.1, 0.15) is 5.56 Å². The molecule has 1 N–H and O–H groups in total. The predicted molar refractivity (Wildman–Crippen MR) is 70.9 cm³/mol. The van der Waals surface area contributed by atoms with Gasteiger partial charge in [0.05, 0.1) is 30.1 Å². The fraction of sp³-hybridized carbons (Fsp3) is 0.143. The predicted octanol–water partition coefficient (Wildman–Crippen LogP) is 3.65. The van der Waals surface area contributed by atoms with Crippen LogP contribution in [0.3, 0.4) is 0 Å². The first-order chi connectivity index (χ1) is 9.99. The third-order valence-corrected chi connectivity index (χ3v) is 3.09. The second-order valence-electron chi connectivity index (χ2n) is 4.42. The van der Waals surface area contributed by atoms with Crippen LogP contribution in [0.4, 0.5) is 13.2 Å². The number of benzene rings is 1. The smallest absolute Gasteiger partial charge is 0.416 e. The van der Waals surface area contributed by atoms with Crippen LogP contribution in [0.25, 0.3) is 22.2 Å². The molecule has 0 aliphatic rings. The lowest BCUT2D eigenvalue weighted by molar-refractivity contribution is -0.137. The van der Waals surface area contributed by atoms with E-state index in [1.165, 1.54) is 13.3 Å². The number of methoxy groups -OCH3 is 1. The van der Waals surface area contributed by atoms with Crippen LogP contribution in [-0.4, -0.2) is 22.3 Å².